The van der Waals surface area contributed by atoms with Gasteiger partial charge in [-0.15, -0.1) is 0 Å². The van der Waals surface area contributed by atoms with Crippen LogP contribution in [0.15, 0.2) is 12.3 Å². The molecule has 3 nitrogen and oxygen atoms in total. The van der Waals surface area contributed by atoms with Crippen LogP contribution in [0.5, 0.6) is 0 Å². The van der Waals surface area contributed by atoms with Crippen molar-refractivity contribution in [2.24, 2.45) is 11.8 Å². The molecule has 1 aromatic rings. The SMILES string of the molecule is CCCNCc1ccn(C2CC3CCC2C3)n1. The number of hydrogen-bond acceptors (Lipinski definition) is 2. The van der Waals surface area contributed by atoms with Crippen molar-refractivity contribution in [3.8, 4) is 0 Å². The van der Waals surface area contributed by atoms with Crippen molar-refractivity contribution in [3.63, 3.8) is 0 Å². The van der Waals surface area contributed by atoms with Gasteiger partial charge in [0.15, 0.2) is 0 Å². The first kappa shape index (κ1) is 11.3. The van der Waals surface area contributed by atoms with Gasteiger partial charge in [-0.25, -0.2) is 0 Å². The zero-order valence-corrected chi connectivity index (χ0v) is 10.7. The fourth-order valence-electron chi connectivity index (χ4n) is 3.58. The van der Waals surface area contributed by atoms with Crippen molar-refractivity contribution >= 4 is 0 Å². The van der Waals surface area contributed by atoms with Crippen LogP contribution in [0.2, 0.25) is 0 Å². The predicted octanol–water partition coefficient (Wildman–Crippen LogP) is 2.74. The molecule has 0 aromatic carbocycles. The van der Waals surface area contributed by atoms with Crippen LogP contribution < -0.4 is 5.32 Å². The van der Waals surface area contributed by atoms with Gasteiger partial charge in [-0.1, -0.05) is 13.3 Å². The van der Waals surface area contributed by atoms with Gasteiger partial charge in [-0.2, -0.15) is 5.10 Å². The first-order valence-corrected chi connectivity index (χ1v) is 7.11. The molecule has 0 radical (unpaired) electrons. The minimum absolute atomic E-state index is 0.702. The van der Waals surface area contributed by atoms with E-state index < -0.39 is 0 Å². The second-order valence-corrected chi connectivity index (χ2v) is 5.71. The van der Waals surface area contributed by atoms with Crippen LogP contribution in [-0.2, 0) is 6.54 Å². The molecular formula is C14H23N3. The van der Waals surface area contributed by atoms with E-state index in [1.807, 2.05) is 0 Å². The molecule has 3 atom stereocenters. The molecule has 94 valence electrons. The van der Waals surface area contributed by atoms with E-state index in [1.54, 1.807) is 0 Å². The van der Waals surface area contributed by atoms with Gasteiger partial charge in [-0.3, -0.25) is 4.68 Å². The maximum atomic E-state index is 4.74. The van der Waals surface area contributed by atoms with Gasteiger partial charge in [0, 0.05) is 12.7 Å². The summed E-state index contributed by atoms with van der Waals surface area (Å²) in [5.41, 5.74) is 1.20. The molecule has 1 N–H and O–H groups in total. The van der Waals surface area contributed by atoms with Crippen molar-refractivity contribution in [1.82, 2.24) is 15.1 Å². The normalized spacial score (nSPS) is 31.2. The lowest BCUT2D eigenvalue weighted by Crippen LogP contribution is -2.18. The summed E-state index contributed by atoms with van der Waals surface area (Å²) in [4.78, 5) is 0. The van der Waals surface area contributed by atoms with Gasteiger partial charge in [0.1, 0.15) is 0 Å². The summed E-state index contributed by atoms with van der Waals surface area (Å²) >= 11 is 0. The average molecular weight is 233 g/mol. The predicted molar refractivity (Wildman–Crippen MR) is 68.7 cm³/mol. The van der Waals surface area contributed by atoms with Crippen molar-refractivity contribution in [2.75, 3.05) is 6.54 Å². The van der Waals surface area contributed by atoms with E-state index in [9.17, 15) is 0 Å². The lowest BCUT2D eigenvalue weighted by molar-refractivity contribution is 0.305. The average Bonchev–Trinajstić information content (AvgIpc) is 3.04. The third-order valence-electron chi connectivity index (χ3n) is 4.44. The number of rotatable bonds is 5. The Kier molecular flexibility index (Phi) is 3.19. The summed E-state index contributed by atoms with van der Waals surface area (Å²) < 4.78 is 2.24. The Hall–Kier alpha value is -0.830. The Morgan fingerprint density at radius 3 is 3.06 bits per heavy atom. The fourth-order valence-corrected chi connectivity index (χ4v) is 3.58. The fraction of sp³-hybridized carbons (Fsp3) is 0.786. The molecule has 0 aliphatic heterocycles. The van der Waals surface area contributed by atoms with E-state index in [4.69, 9.17) is 5.10 Å². The summed E-state index contributed by atoms with van der Waals surface area (Å²) in [7, 11) is 0. The second kappa shape index (κ2) is 4.81. The monoisotopic (exact) mass is 233 g/mol. The maximum Gasteiger partial charge on any atom is 0.0762 e. The van der Waals surface area contributed by atoms with E-state index in [2.05, 4.69) is 29.2 Å². The minimum Gasteiger partial charge on any atom is -0.311 e. The summed E-state index contributed by atoms with van der Waals surface area (Å²) in [5, 5.41) is 8.15. The highest BCUT2D eigenvalue weighted by molar-refractivity contribution is 5.02. The highest BCUT2D eigenvalue weighted by atomic mass is 15.3. The summed E-state index contributed by atoms with van der Waals surface area (Å²) in [6.07, 6.45) is 9.09. The number of nitrogens with one attached hydrogen (secondary N) is 1. The molecule has 1 heterocycles. The van der Waals surface area contributed by atoms with E-state index in [1.165, 1.54) is 37.8 Å². The molecule has 1 aromatic heterocycles. The van der Waals surface area contributed by atoms with Gasteiger partial charge in [0.2, 0.25) is 0 Å². The first-order chi connectivity index (χ1) is 8.36. The highest BCUT2D eigenvalue weighted by Gasteiger charge is 2.40. The second-order valence-electron chi connectivity index (χ2n) is 5.71. The molecule has 0 amide bonds. The molecular weight excluding hydrogens is 210 g/mol. The lowest BCUT2D eigenvalue weighted by Gasteiger charge is -2.21. The topological polar surface area (TPSA) is 29.9 Å². The molecule has 17 heavy (non-hydrogen) atoms. The van der Waals surface area contributed by atoms with Crippen LogP contribution >= 0.6 is 0 Å². The van der Waals surface area contributed by atoms with Gasteiger partial charge in [0.25, 0.3) is 0 Å². The number of aromatic nitrogens is 2. The molecule has 0 saturated heterocycles. The molecule has 2 saturated carbocycles. The van der Waals surface area contributed by atoms with Gasteiger partial charge in [0.05, 0.1) is 11.7 Å². The largest absolute Gasteiger partial charge is 0.311 e. The quantitative estimate of drug-likeness (QED) is 0.793. The number of fused-ring (bicyclic) bond motifs is 2. The van der Waals surface area contributed by atoms with E-state index in [0.717, 1.165) is 24.9 Å². The van der Waals surface area contributed by atoms with Gasteiger partial charge < -0.3 is 5.32 Å². The van der Waals surface area contributed by atoms with Gasteiger partial charge in [-0.05, 0) is 50.1 Å². The molecule has 0 spiro atoms. The first-order valence-electron chi connectivity index (χ1n) is 7.11. The Bertz CT molecular complexity index is 371. The molecule has 3 rings (SSSR count). The third kappa shape index (κ3) is 2.25. The zero-order chi connectivity index (χ0) is 11.7. The smallest absolute Gasteiger partial charge is 0.0762 e. The van der Waals surface area contributed by atoms with E-state index in [0.29, 0.717) is 6.04 Å². The number of hydrogen-bond donors (Lipinski definition) is 1. The zero-order valence-electron chi connectivity index (χ0n) is 10.7. The van der Waals surface area contributed by atoms with Crippen LogP contribution in [-0.4, -0.2) is 16.3 Å². The minimum atomic E-state index is 0.702. The Labute approximate surface area is 104 Å². The van der Waals surface area contributed by atoms with Gasteiger partial charge >= 0.3 is 0 Å². The molecule has 2 aliphatic carbocycles. The Balaban J connectivity index is 1.60. The third-order valence-corrected chi connectivity index (χ3v) is 4.44. The van der Waals surface area contributed by atoms with Crippen LogP contribution in [0, 0.1) is 11.8 Å². The molecule has 2 fully saturated rings. The molecule has 3 unspecified atom stereocenters. The molecule has 3 heteroatoms. The summed E-state index contributed by atoms with van der Waals surface area (Å²) in [6.45, 7) is 4.20. The summed E-state index contributed by atoms with van der Waals surface area (Å²) in [6, 6.07) is 2.88. The Morgan fingerprint density at radius 1 is 1.41 bits per heavy atom. The van der Waals surface area contributed by atoms with Crippen molar-refractivity contribution in [3.05, 3.63) is 18.0 Å². The van der Waals surface area contributed by atoms with E-state index in [-0.39, 0.29) is 0 Å². The summed E-state index contributed by atoms with van der Waals surface area (Å²) in [5.74, 6) is 1.91. The Morgan fingerprint density at radius 2 is 2.35 bits per heavy atom. The highest BCUT2D eigenvalue weighted by Crippen LogP contribution is 2.50. The number of nitrogens with zero attached hydrogens (tertiary/aromatic N) is 2. The van der Waals surface area contributed by atoms with E-state index >= 15 is 0 Å². The van der Waals surface area contributed by atoms with Crippen LogP contribution in [0.25, 0.3) is 0 Å². The maximum absolute atomic E-state index is 4.74. The van der Waals surface area contributed by atoms with Crippen molar-refractivity contribution in [2.45, 2.75) is 51.6 Å². The lowest BCUT2D eigenvalue weighted by atomic mass is 9.96. The molecule has 2 aliphatic rings. The van der Waals surface area contributed by atoms with Crippen molar-refractivity contribution in [1.29, 1.82) is 0 Å². The van der Waals surface area contributed by atoms with Crippen LogP contribution in [0.1, 0.15) is 50.8 Å². The van der Waals surface area contributed by atoms with Crippen molar-refractivity contribution < 1.29 is 0 Å². The standard InChI is InChI=1S/C14H23N3/c1-2-6-15-10-13-5-7-17(16-13)14-9-11-3-4-12(14)8-11/h5,7,11-12,14-15H,2-4,6,8-10H2,1H3. The van der Waals surface area contributed by atoms with Crippen LogP contribution in [0.3, 0.4) is 0 Å². The molecule has 2 bridgehead atoms. The van der Waals surface area contributed by atoms with Crippen LogP contribution in [0.4, 0.5) is 0 Å².